The van der Waals surface area contributed by atoms with Crippen LogP contribution < -0.4 is 0 Å². The Bertz CT molecular complexity index is 271. The van der Waals surface area contributed by atoms with E-state index in [0.717, 1.165) is 6.29 Å². The van der Waals surface area contributed by atoms with Crippen LogP contribution in [0.5, 0.6) is 0 Å². The summed E-state index contributed by atoms with van der Waals surface area (Å²) < 4.78 is 0. The van der Waals surface area contributed by atoms with E-state index in [1.807, 2.05) is 0 Å². The summed E-state index contributed by atoms with van der Waals surface area (Å²) in [6.45, 7) is 0. The molecule has 0 radical (unpaired) electrons. The normalized spacial score (nSPS) is 9.33. The van der Waals surface area contributed by atoms with Crippen LogP contribution >= 0.6 is 12.4 Å². The number of halogens is 1. The number of carbonyl (C=O) groups excluding carboxylic acids is 1. The van der Waals surface area contributed by atoms with Crippen LogP contribution in [0.15, 0.2) is 34.7 Å². The van der Waals surface area contributed by atoms with E-state index in [0.29, 0.717) is 11.3 Å². The molecule has 1 aromatic carbocycles. The van der Waals surface area contributed by atoms with Crippen LogP contribution in [-0.2, 0) is 0 Å². The molecule has 0 heterocycles. The first kappa shape index (κ1) is 10.6. The first-order valence-electron chi connectivity index (χ1n) is 2.97. The van der Waals surface area contributed by atoms with Gasteiger partial charge in [-0.1, -0.05) is 0 Å². The molecule has 64 valence electrons. The van der Waals surface area contributed by atoms with Gasteiger partial charge in [-0.2, -0.15) is 0 Å². The topological polar surface area (TPSA) is 62.0 Å². The molecule has 4 nitrogen and oxygen atoms in total. The maximum Gasteiger partial charge on any atom is 0.150 e. The van der Waals surface area contributed by atoms with Gasteiger partial charge in [0.05, 0.1) is 5.69 Å². The molecule has 0 saturated carbocycles. The van der Waals surface area contributed by atoms with Gasteiger partial charge in [-0.05, 0) is 24.3 Å². The number of hydrogen-bond acceptors (Lipinski definition) is 3. The minimum absolute atomic E-state index is 0. The van der Waals surface area contributed by atoms with Crippen LogP contribution in [-0.4, -0.2) is 11.5 Å². The predicted octanol–water partition coefficient (Wildman–Crippen LogP) is 2.39. The number of aldehydes is 1. The maximum absolute atomic E-state index is 10.2. The van der Waals surface area contributed by atoms with Crippen molar-refractivity contribution in [3.63, 3.8) is 0 Å². The van der Waals surface area contributed by atoms with Crippen LogP contribution in [0.3, 0.4) is 0 Å². The van der Waals surface area contributed by atoms with Crippen LogP contribution in [0.2, 0.25) is 0 Å². The third-order valence-electron chi connectivity index (χ3n) is 1.19. The van der Waals surface area contributed by atoms with Crippen molar-refractivity contribution in [1.29, 1.82) is 0 Å². The first-order valence-corrected chi connectivity index (χ1v) is 2.97. The highest BCUT2D eigenvalue weighted by Gasteiger charge is 1.89. The largest absolute Gasteiger partial charge is 0.394 e. The molecular weight excluding hydrogens is 180 g/mol. The Morgan fingerprint density at radius 1 is 1.25 bits per heavy atom. The fourth-order valence-electron chi connectivity index (χ4n) is 0.671. The summed E-state index contributed by atoms with van der Waals surface area (Å²) in [6.07, 6.45) is 0.736. The molecule has 0 atom stereocenters. The molecule has 0 aliphatic rings. The van der Waals surface area contributed by atoms with Crippen molar-refractivity contribution in [3.05, 3.63) is 29.8 Å². The Morgan fingerprint density at radius 3 is 2.25 bits per heavy atom. The fourth-order valence-corrected chi connectivity index (χ4v) is 0.671. The summed E-state index contributed by atoms with van der Waals surface area (Å²) in [7, 11) is 0. The Balaban J connectivity index is 0.00000121. The lowest BCUT2D eigenvalue weighted by molar-refractivity contribution is 0.112. The molecule has 0 aliphatic carbocycles. The standard InChI is InChI=1S/C7H6N2O2.ClH/c10-5-6-1-3-7(4-2-6)8-9-11;/h1-5H,(H,8,11);1H. The highest BCUT2D eigenvalue weighted by Crippen LogP contribution is 2.11. The van der Waals surface area contributed by atoms with E-state index in [-0.39, 0.29) is 12.4 Å². The summed E-state index contributed by atoms with van der Waals surface area (Å²) >= 11 is 0. The van der Waals surface area contributed by atoms with Crippen molar-refractivity contribution in [2.24, 2.45) is 10.4 Å². The van der Waals surface area contributed by atoms with E-state index in [2.05, 4.69) is 10.4 Å². The molecule has 0 aromatic heterocycles. The second-order valence-electron chi connectivity index (χ2n) is 1.90. The lowest BCUT2D eigenvalue weighted by Gasteiger charge is -1.89. The van der Waals surface area contributed by atoms with Crippen molar-refractivity contribution >= 4 is 24.4 Å². The van der Waals surface area contributed by atoms with Gasteiger partial charge in [-0.3, -0.25) is 4.79 Å². The average molecular weight is 187 g/mol. The van der Waals surface area contributed by atoms with Gasteiger partial charge in [0.15, 0.2) is 0 Å². The van der Waals surface area contributed by atoms with Crippen LogP contribution in [0, 0.1) is 0 Å². The van der Waals surface area contributed by atoms with Gasteiger partial charge in [-0.25, -0.2) is 0 Å². The Labute approximate surface area is 75.3 Å². The van der Waals surface area contributed by atoms with Crippen LogP contribution in [0.25, 0.3) is 0 Å². The second-order valence-corrected chi connectivity index (χ2v) is 1.90. The molecule has 12 heavy (non-hydrogen) atoms. The molecule has 1 rings (SSSR count). The van der Waals surface area contributed by atoms with Crippen LogP contribution in [0.4, 0.5) is 5.69 Å². The average Bonchev–Trinajstić information content (AvgIpc) is 2.07. The van der Waals surface area contributed by atoms with Gasteiger partial charge < -0.3 is 5.21 Å². The number of rotatable bonds is 2. The lowest BCUT2D eigenvalue weighted by Crippen LogP contribution is -1.75. The predicted molar refractivity (Wildman–Crippen MR) is 45.4 cm³/mol. The molecular formula is C7H7ClN2O2. The number of carbonyl (C=O) groups is 1. The van der Waals surface area contributed by atoms with E-state index < -0.39 is 0 Å². The Morgan fingerprint density at radius 2 is 1.83 bits per heavy atom. The molecule has 0 fully saturated rings. The smallest absolute Gasteiger partial charge is 0.150 e. The molecule has 0 saturated heterocycles. The van der Waals surface area contributed by atoms with E-state index in [4.69, 9.17) is 5.21 Å². The first-order chi connectivity index (χ1) is 5.36. The number of benzene rings is 1. The SMILES string of the molecule is Cl.O=Cc1ccc(N=NO)cc1. The zero-order valence-electron chi connectivity index (χ0n) is 6.04. The van der Waals surface area contributed by atoms with E-state index in [1.165, 1.54) is 0 Å². The zero-order valence-corrected chi connectivity index (χ0v) is 6.86. The highest BCUT2D eigenvalue weighted by molar-refractivity contribution is 5.85. The summed E-state index contributed by atoms with van der Waals surface area (Å²) in [5, 5.41) is 14.0. The fraction of sp³-hybridized carbons (Fsp3) is 0. The minimum atomic E-state index is 0. The summed E-state index contributed by atoms with van der Waals surface area (Å²) in [5.41, 5.74) is 1.08. The van der Waals surface area contributed by atoms with Crippen molar-refractivity contribution in [1.82, 2.24) is 0 Å². The second kappa shape index (κ2) is 5.26. The molecule has 0 spiro atoms. The van der Waals surface area contributed by atoms with E-state index >= 15 is 0 Å². The summed E-state index contributed by atoms with van der Waals surface area (Å²) in [6, 6.07) is 6.36. The molecule has 1 aromatic rings. The van der Waals surface area contributed by atoms with Gasteiger partial charge in [0, 0.05) is 10.8 Å². The third-order valence-corrected chi connectivity index (χ3v) is 1.19. The quantitative estimate of drug-likeness (QED) is 0.438. The monoisotopic (exact) mass is 186 g/mol. The Kier molecular flexibility index (Phi) is 4.64. The van der Waals surface area contributed by atoms with Crippen molar-refractivity contribution in [2.75, 3.05) is 0 Å². The van der Waals surface area contributed by atoms with Crippen molar-refractivity contribution < 1.29 is 10.0 Å². The number of nitrogens with zero attached hydrogens (tertiary/aromatic N) is 2. The van der Waals surface area contributed by atoms with Gasteiger partial charge >= 0.3 is 0 Å². The van der Waals surface area contributed by atoms with Gasteiger partial charge in [-0.15, -0.1) is 17.5 Å². The van der Waals surface area contributed by atoms with Crippen LogP contribution in [0.1, 0.15) is 10.4 Å². The molecule has 0 aliphatic heterocycles. The molecule has 0 bridgehead atoms. The van der Waals surface area contributed by atoms with Gasteiger partial charge in [0.25, 0.3) is 0 Å². The molecule has 0 amide bonds. The van der Waals surface area contributed by atoms with Gasteiger partial charge in [0.1, 0.15) is 6.29 Å². The summed E-state index contributed by atoms with van der Waals surface area (Å²) in [5.74, 6) is 0. The highest BCUT2D eigenvalue weighted by atomic mass is 35.5. The molecule has 0 unspecified atom stereocenters. The summed E-state index contributed by atoms with van der Waals surface area (Å²) in [4.78, 5) is 10.2. The maximum atomic E-state index is 10.2. The number of hydrogen-bond donors (Lipinski definition) is 1. The molecule has 5 heteroatoms. The third kappa shape index (κ3) is 2.67. The minimum Gasteiger partial charge on any atom is -0.394 e. The molecule has 1 N–H and O–H groups in total. The zero-order chi connectivity index (χ0) is 8.10. The lowest BCUT2D eigenvalue weighted by atomic mass is 10.2. The van der Waals surface area contributed by atoms with Crippen molar-refractivity contribution in [2.45, 2.75) is 0 Å². The van der Waals surface area contributed by atoms with Gasteiger partial charge in [0.2, 0.25) is 0 Å². The van der Waals surface area contributed by atoms with Crippen molar-refractivity contribution in [3.8, 4) is 0 Å². The Hall–Kier alpha value is -1.42. The van der Waals surface area contributed by atoms with E-state index in [1.54, 1.807) is 24.3 Å². The van der Waals surface area contributed by atoms with E-state index in [9.17, 15) is 4.79 Å².